The summed E-state index contributed by atoms with van der Waals surface area (Å²) in [6.07, 6.45) is 2.92. The van der Waals surface area contributed by atoms with Gasteiger partial charge in [-0.2, -0.15) is 0 Å². The summed E-state index contributed by atoms with van der Waals surface area (Å²) in [5.41, 5.74) is 0.632. The summed E-state index contributed by atoms with van der Waals surface area (Å²) >= 11 is 0. The second-order valence-electron chi connectivity index (χ2n) is 4.74. The minimum Gasteiger partial charge on any atom is -0.349 e. The Morgan fingerprint density at radius 1 is 1.33 bits per heavy atom. The lowest BCUT2D eigenvalue weighted by molar-refractivity contribution is 0.0932. The highest BCUT2D eigenvalue weighted by Gasteiger charge is 2.17. The van der Waals surface area contributed by atoms with Crippen molar-refractivity contribution in [2.75, 3.05) is 13.1 Å². The number of carbonyl (C=O) groups excluding carboxylic acids is 1. The van der Waals surface area contributed by atoms with Crippen LogP contribution in [0.15, 0.2) is 16.9 Å². The third-order valence-corrected chi connectivity index (χ3v) is 3.21. The number of H-pyrrole nitrogens is 1. The first-order valence-corrected chi connectivity index (χ1v) is 6.38. The number of amides is 1. The predicted octanol–water partition coefficient (Wildman–Crippen LogP) is 0.555. The molecule has 1 atom stereocenters. The van der Waals surface area contributed by atoms with Gasteiger partial charge in [0.05, 0.1) is 0 Å². The van der Waals surface area contributed by atoms with Crippen LogP contribution >= 0.6 is 0 Å². The topological polar surface area (TPSA) is 74.0 Å². The highest BCUT2D eigenvalue weighted by atomic mass is 16.2. The van der Waals surface area contributed by atoms with Crippen LogP contribution in [0.5, 0.6) is 0 Å². The Bertz CT molecular complexity index is 473. The number of rotatable bonds is 2. The molecule has 0 spiro atoms. The monoisotopic (exact) mass is 249 g/mol. The van der Waals surface area contributed by atoms with E-state index in [0.717, 1.165) is 38.0 Å². The number of aryl methyl sites for hydroxylation is 1. The van der Waals surface area contributed by atoms with Gasteiger partial charge in [-0.05, 0) is 51.4 Å². The van der Waals surface area contributed by atoms with E-state index in [1.54, 1.807) is 19.1 Å². The van der Waals surface area contributed by atoms with Crippen LogP contribution in [0.1, 0.15) is 35.3 Å². The van der Waals surface area contributed by atoms with Gasteiger partial charge < -0.3 is 15.6 Å². The second kappa shape index (κ2) is 5.82. The summed E-state index contributed by atoms with van der Waals surface area (Å²) in [5, 5.41) is 6.23. The van der Waals surface area contributed by atoms with E-state index >= 15 is 0 Å². The normalized spacial score (nSPS) is 20.2. The quantitative estimate of drug-likeness (QED) is 0.717. The van der Waals surface area contributed by atoms with E-state index in [0.29, 0.717) is 0 Å². The van der Waals surface area contributed by atoms with Gasteiger partial charge in [0.25, 0.3) is 11.5 Å². The van der Waals surface area contributed by atoms with Gasteiger partial charge in [-0.15, -0.1) is 0 Å². The molecule has 0 aromatic carbocycles. The Labute approximate surface area is 106 Å². The van der Waals surface area contributed by atoms with Gasteiger partial charge in [-0.25, -0.2) is 0 Å². The smallest absolute Gasteiger partial charge is 0.260 e. The van der Waals surface area contributed by atoms with Crippen LogP contribution in [0.4, 0.5) is 0 Å². The van der Waals surface area contributed by atoms with E-state index in [1.165, 1.54) is 0 Å². The molecule has 18 heavy (non-hydrogen) atoms. The number of nitrogens with one attached hydrogen (secondary N) is 3. The fourth-order valence-electron chi connectivity index (χ4n) is 2.18. The van der Waals surface area contributed by atoms with Gasteiger partial charge in [0.15, 0.2) is 0 Å². The van der Waals surface area contributed by atoms with Crippen LogP contribution in [0, 0.1) is 6.92 Å². The molecule has 0 radical (unpaired) electrons. The molecule has 1 unspecified atom stereocenters. The molecule has 1 aliphatic rings. The maximum Gasteiger partial charge on any atom is 0.260 e. The molecule has 0 bridgehead atoms. The Hall–Kier alpha value is -1.62. The molecule has 1 aromatic rings. The van der Waals surface area contributed by atoms with Crippen LogP contribution in [-0.4, -0.2) is 30.0 Å². The summed E-state index contributed by atoms with van der Waals surface area (Å²) in [6.45, 7) is 3.70. The predicted molar refractivity (Wildman–Crippen MR) is 69.8 cm³/mol. The molecule has 98 valence electrons. The number of aromatic nitrogens is 1. The molecule has 2 rings (SSSR count). The van der Waals surface area contributed by atoms with Gasteiger partial charge in [-0.1, -0.05) is 0 Å². The van der Waals surface area contributed by atoms with Crippen molar-refractivity contribution in [3.05, 3.63) is 33.7 Å². The molecule has 0 aliphatic carbocycles. The molecular formula is C13H19N3O2. The van der Waals surface area contributed by atoms with Crippen LogP contribution in [-0.2, 0) is 0 Å². The minimum absolute atomic E-state index is 0.160. The molecular weight excluding hydrogens is 230 g/mol. The molecule has 1 aliphatic heterocycles. The van der Waals surface area contributed by atoms with E-state index in [4.69, 9.17) is 0 Å². The largest absolute Gasteiger partial charge is 0.349 e. The lowest BCUT2D eigenvalue weighted by atomic mass is 10.1. The van der Waals surface area contributed by atoms with Crippen molar-refractivity contribution >= 4 is 5.91 Å². The zero-order chi connectivity index (χ0) is 13.0. The minimum atomic E-state index is -0.320. The fourth-order valence-corrected chi connectivity index (χ4v) is 2.18. The Morgan fingerprint density at radius 2 is 2.17 bits per heavy atom. The van der Waals surface area contributed by atoms with Crippen LogP contribution in [0.2, 0.25) is 0 Å². The summed E-state index contributed by atoms with van der Waals surface area (Å²) in [7, 11) is 0. The van der Waals surface area contributed by atoms with E-state index in [9.17, 15) is 9.59 Å². The van der Waals surface area contributed by atoms with Gasteiger partial charge in [0, 0.05) is 11.7 Å². The highest BCUT2D eigenvalue weighted by Crippen LogP contribution is 2.06. The van der Waals surface area contributed by atoms with E-state index in [1.807, 2.05) is 0 Å². The lowest BCUT2D eigenvalue weighted by Gasteiger charge is -2.15. The summed E-state index contributed by atoms with van der Waals surface area (Å²) < 4.78 is 0. The second-order valence-corrected chi connectivity index (χ2v) is 4.74. The molecule has 0 saturated carbocycles. The van der Waals surface area contributed by atoms with E-state index in [-0.39, 0.29) is 23.1 Å². The van der Waals surface area contributed by atoms with Crippen molar-refractivity contribution < 1.29 is 4.79 Å². The van der Waals surface area contributed by atoms with Crippen LogP contribution < -0.4 is 16.2 Å². The first kappa shape index (κ1) is 12.8. The molecule has 1 fully saturated rings. The standard InChI is InChI=1S/C13H19N3O2/c1-9-4-5-11(12(17)15-9)13(18)16-10-3-2-7-14-8-6-10/h4-5,10,14H,2-3,6-8H2,1H3,(H,15,17)(H,16,18). The average molecular weight is 249 g/mol. The lowest BCUT2D eigenvalue weighted by Crippen LogP contribution is -2.38. The van der Waals surface area contributed by atoms with Crippen molar-refractivity contribution in [1.82, 2.24) is 15.6 Å². The first-order valence-electron chi connectivity index (χ1n) is 6.38. The zero-order valence-corrected chi connectivity index (χ0v) is 10.6. The maximum atomic E-state index is 12.0. The number of pyridine rings is 1. The summed E-state index contributed by atoms with van der Waals surface area (Å²) in [6, 6.07) is 3.48. The molecule has 1 aromatic heterocycles. The van der Waals surface area contributed by atoms with Crippen LogP contribution in [0.3, 0.4) is 0 Å². The third-order valence-electron chi connectivity index (χ3n) is 3.21. The Morgan fingerprint density at radius 3 is 2.94 bits per heavy atom. The molecule has 1 amide bonds. The summed E-state index contributed by atoms with van der Waals surface area (Å²) in [5.74, 6) is -0.275. The fraction of sp³-hybridized carbons (Fsp3) is 0.538. The molecule has 3 N–H and O–H groups in total. The van der Waals surface area contributed by atoms with E-state index in [2.05, 4.69) is 15.6 Å². The van der Waals surface area contributed by atoms with Gasteiger partial charge >= 0.3 is 0 Å². The molecule has 5 heteroatoms. The van der Waals surface area contributed by atoms with Crippen molar-refractivity contribution in [3.63, 3.8) is 0 Å². The van der Waals surface area contributed by atoms with Gasteiger partial charge in [-0.3, -0.25) is 9.59 Å². The number of carbonyl (C=O) groups is 1. The number of hydrogen-bond donors (Lipinski definition) is 3. The molecule has 5 nitrogen and oxygen atoms in total. The third kappa shape index (κ3) is 3.20. The van der Waals surface area contributed by atoms with Gasteiger partial charge in [0.2, 0.25) is 0 Å². The SMILES string of the molecule is Cc1ccc(C(=O)NC2CCCNCC2)c(=O)[nH]1. The molecule has 1 saturated heterocycles. The Balaban J connectivity index is 2.04. The summed E-state index contributed by atoms with van der Waals surface area (Å²) in [4.78, 5) is 26.3. The van der Waals surface area contributed by atoms with Crippen molar-refractivity contribution in [1.29, 1.82) is 0 Å². The van der Waals surface area contributed by atoms with Crippen molar-refractivity contribution in [2.45, 2.75) is 32.2 Å². The van der Waals surface area contributed by atoms with Crippen molar-refractivity contribution in [3.8, 4) is 0 Å². The van der Waals surface area contributed by atoms with Gasteiger partial charge in [0.1, 0.15) is 5.56 Å². The molecule has 2 heterocycles. The van der Waals surface area contributed by atoms with Crippen LogP contribution in [0.25, 0.3) is 0 Å². The van der Waals surface area contributed by atoms with E-state index < -0.39 is 0 Å². The first-order chi connectivity index (χ1) is 8.66. The average Bonchev–Trinajstić information content (AvgIpc) is 2.57. The number of hydrogen-bond acceptors (Lipinski definition) is 3. The Kier molecular flexibility index (Phi) is 4.15. The number of aromatic amines is 1. The highest BCUT2D eigenvalue weighted by molar-refractivity contribution is 5.93. The zero-order valence-electron chi connectivity index (χ0n) is 10.6. The maximum absolute atomic E-state index is 12.0. The van der Waals surface area contributed by atoms with Crippen molar-refractivity contribution in [2.24, 2.45) is 0 Å².